The summed E-state index contributed by atoms with van der Waals surface area (Å²) in [6, 6.07) is 10.0. The van der Waals surface area contributed by atoms with Gasteiger partial charge >= 0.3 is 0 Å². The van der Waals surface area contributed by atoms with Gasteiger partial charge in [-0.3, -0.25) is 0 Å². The van der Waals surface area contributed by atoms with Gasteiger partial charge in [0.2, 0.25) is 0 Å². The molecule has 1 N–H and O–H groups in total. The molecule has 3 heteroatoms. The summed E-state index contributed by atoms with van der Waals surface area (Å²) in [6.07, 6.45) is 0. The lowest BCUT2D eigenvalue weighted by atomic mass is 9.95. The number of phenols is 1. The summed E-state index contributed by atoms with van der Waals surface area (Å²) < 4.78 is 1.07. The zero-order chi connectivity index (χ0) is 14.0. The van der Waals surface area contributed by atoms with Gasteiger partial charge in [0.25, 0.3) is 0 Å². The van der Waals surface area contributed by atoms with Crippen molar-refractivity contribution in [1.29, 1.82) is 0 Å². The molecule has 0 saturated carbocycles. The van der Waals surface area contributed by atoms with Crippen LogP contribution in [0.4, 0.5) is 0 Å². The molecule has 0 amide bonds. The molecule has 0 aliphatic carbocycles. The van der Waals surface area contributed by atoms with Crippen LogP contribution < -0.4 is 0 Å². The zero-order valence-corrected chi connectivity index (χ0v) is 13.9. The second-order valence-electron chi connectivity index (χ2n) is 4.98. The molecule has 1 unspecified atom stereocenters. The van der Waals surface area contributed by atoms with Gasteiger partial charge in [-0.1, -0.05) is 48.8 Å². The third-order valence-electron chi connectivity index (χ3n) is 3.24. The van der Waals surface area contributed by atoms with Gasteiger partial charge in [-0.15, -0.1) is 0 Å². The maximum absolute atomic E-state index is 10.3. The number of fused-ring (bicyclic) bond motifs is 1. The van der Waals surface area contributed by atoms with Crippen molar-refractivity contribution < 1.29 is 5.11 Å². The Bertz CT molecular complexity index is 580. The second-order valence-corrected chi connectivity index (χ2v) is 7.32. The van der Waals surface area contributed by atoms with Crippen molar-refractivity contribution >= 4 is 38.5 Å². The van der Waals surface area contributed by atoms with Gasteiger partial charge < -0.3 is 5.11 Å². The molecule has 0 heterocycles. The van der Waals surface area contributed by atoms with Crippen molar-refractivity contribution in [3.8, 4) is 5.75 Å². The van der Waals surface area contributed by atoms with E-state index in [0.29, 0.717) is 16.9 Å². The first-order valence-electron chi connectivity index (χ1n) is 6.57. The summed E-state index contributed by atoms with van der Waals surface area (Å²) in [7, 11) is 0. The Kier molecular flexibility index (Phi) is 4.80. The van der Waals surface area contributed by atoms with E-state index < -0.39 is 0 Å². The first-order chi connectivity index (χ1) is 9.04. The Labute approximate surface area is 127 Å². The molecule has 0 bridgehead atoms. The molecule has 0 fully saturated rings. The average Bonchev–Trinajstić information content (AvgIpc) is 2.36. The molecule has 0 aliphatic heterocycles. The smallest absolute Gasteiger partial charge is 0.120 e. The van der Waals surface area contributed by atoms with E-state index in [-0.39, 0.29) is 0 Å². The molecule has 0 radical (unpaired) electrons. The van der Waals surface area contributed by atoms with E-state index in [9.17, 15) is 5.11 Å². The fourth-order valence-corrected chi connectivity index (χ4v) is 3.94. The Balaban J connectivity index is 2.65. The van der Waals surface area contributed by atoms with Crippen LogP contribution in [0.5, 0.6) is 5.75 Å². The Morgan fingerprint density at radius 3 is 2.58 bits per heavy atom. The van der Waals surface area contributed by atoms with Gasteiger partial charge in [-0.2, -0.15) is 11.8 Å². The van der Waals surface area contributed by atoms with E-state index in [1.54, 1.807) is 0 Å². The first kappa shape index (κ1) is 14.7. The second kappa shape index (κ2) is 6.19. The van der Waals surface area contributed by atoms with Crippen LogP contribution in [0.2, 0.25) is 0 Å². The lowest BCUT2D eigenvalue weighted by Gasteiger charge is -2.23. The normalized spacial score (nSPS) is 13.1. The third-order valence-corrected chi connectivity index (χ3v) is 5.20. The van der Waals surface area contributed by atoms with Gasteiger partial charge in [0.1, 0.15) is 5.75 Å². The summed E-state index contributed by atoms with van der Waals surface area (Å²) in [5.74, 6) is 1.95. The van der Waals surface area contributed by atoms with Gasteiger partial charge in [-0.25, -0.2) is 0 Å². The van der Waals surface area contributed by atoms with Crippen LogP contribution in [0, 0.1) is 5.92 Å². The fourth-order valence-electron chi connectivity index (χ4n) is 2.40. The zero-order valence-electron chi connectivity index (χ0n) is 11.5. The molecule has 0 saturated heterocycles. The highest BCUT2D eigenvalue weighted by Gasteiger charge is 2.21. The molecule has 0 spiro atoms. The number of thioether (sulfide) groups is 1. The number of benzene rings is 2. The Hall–Kier alpha value is -0.670. The van der Waals surface area contributed by atoms with Crippen molar-refractivity contribution in [2.75, 3.05) is 5.75 Å². The number of hydrogen-bond donors (Lipinski definition) is 1. The molecule has 1 atom stereocenters. The predicted molar refractivity (Wildman–Crippen MR) is 89.0 cm³/mol. The van der Waals surface area contributed by atoms with Crippen molar-refractivity contribution in [3.63, 3.8) is 0 Å². The SMILES string of the molecule is CCSC(c1c(O)ccc2cc(Br)ccc12)C(C)C. The lowest BCUT2D eigenvalue weighted by Crippen LogP contribution is -2.04. The summed E-state index contributed by atoms with van der Waals surface area (Å²) in [4.78, 5) is 0. The summed E-state index contributed by atoms with van der Waals surface area (Å²) in [5, 5.41) is 13.0. The van der Waals surface area contributed by atoms with Crippen molar-refractivity contribution in [2.45, 2.75) is 26.0 Å². The number of rotatable bonds is 4. The maximum Gasteiger partial charge on any atom is 0.120 e. The van der Waals surface area contributed by atoms with Crippen LogP contribution in [0.1, 0.15) is 31.6 Å². The van der Waals surface area contributed by atoms with Crippen molar-refractivity contribution in [1.82, 2.24) is 0 Å². The molecule has 19 heavy (non-hydrogen) atoms. The molecular weight excluding hydrogens is 320 g/mol. The van der Waals surface area contributed by atoms with Crippen molar-refractivity contribution in [3.05, 3.63) is 40.4 Å². The summed E-state index contributed by atoms with van der Waals surface area (Å²) in [6.45, 7) is 6.59. The first-order valence-corrected chi connectivity index (χ1v) is 8.41. The van der Waals surface area contributed by atoms with E-state index in [2.05, 4.69) is 48.8 Å². The fraction of sp³-hybridized carbons (Fsp3) is 0.375. The predicted octanol–water partition coefficient (Wildman–Crippen LogP) is 5.76. The summed E-state index contributed by atoms with van der Waals surface area (Å²) >= 11 is 5.40. The molecule has 0 aliphatic rings. The molecule has 2 rings (SSSR count). The number of hydrogen-bond acceptors (Lipinski definition) is 2. The quantitative estimate of drug-likeness (QED) is 0.764. The van der Waals surface area contributed by atoms with Crippen LogP contribution >= 0.6 is 27.7 Å². The molecule has 2 aromatic rings. The maximum atomic E-state index is 10.3. The van der Waals surface area contributed by atoms with E-state index in [4.69, 9.17) is 0 Å². The Morgan fingerprint density at radius 1 is 1.21 bits per heavy atom. The van der Waals surface area contributed by atoms with Crippen LogP contribution in [0.25, 0.3) is 10.8 Å². The molecule has 1 nitrogen and oxygen atoms in total. The van der Waals surface area contributed by atoms with Crippen LogP contribution in [0.3, 0.4) is 0 Å². The minimum absolute atomic E-state index is 0.329. The van der Waals surface area contributed by atoms with Crippen LogP contribution in [-0.2, 0) is 0 Å². The van der Waals surface area contributed by atoms with Gasteiger partial charge in [0.05, 0.1) is 0 Å². The van der Waals surface area contributed by atoms with Crippen molar-refractivity contribution in [2.24, 2.45) is 5.92 Å². The molecular formula is C16H19BrOS. The van der Waals surface area contributed by atoms with Crippen LogP contribution in [-0.4, -0.2) is 10.9 Å². The van der Waals surface area contributed by atoms with E-state index >= 15 is 0 Å². The Morgan fingerprint density at radius 2 is 1.95 bits per heavy atom. The topological polar surface area (TPSA) is 20.2 Å². The standard InChI is InChI=1S/C16H19BrOS/c1-4-19-16(10(2)3)15-13-7-6-12(17)9-11(13)5-8-14(15)18/h5-10,16,18H,4H2,1-3H3. The highest BCUT2D eigenvalue weighted by Crippen LogP contribution is 2.43. The van der Waals surface area contributed by atoms with E-state index in [1.807, 2.05) is 30.0 Å². The largest absolute Gasteiger partial charge is 0.508 e. The highest BCUT2D eigenvalue weighted by atomic mass is 79.9. The highest BCUT2D eigenvalue weighted by molar-refractivity contribution is 9.10. The molecule has 0 aromatic heterocycles. The van der Waals surface area contributed by atoms with Gasteiger partial charge in [0.15, 0.2) is 0 Å². The summed E-state index contributed by atoms with van der Waals surface area (Å²) in [5.41, 5.74) is 1.08. The average molecular weight is 339 g/mol. The van der Waals surface area contributed by atoms with Gasteiger partial charge in [0, 0.05) is 15.3 Å². The third kappa shape index (κ3) is 3.09. The monoisotopic (exact) mass is 338 g/mol. The van der Waals surface area contributed by atoms with E-state index in [0.717, 1.165) is 21.2 Å². The minimum atomic E-state index is 0.329. The van der Waals surface area contributed by atoms with E-state index in [1.165, 1.54) is 5.39 Å². The lowest BCUT2D eigenvalue weighted by molar-refractivity contribution is 0.463. The number of phenolic OH excluding ortho intramolecular Hbond substituents is 1. The molecule has 102 valence electrons. The van der Waals surface area contributed by atoms with Crippen LogP contribution in [0.15, 0.2) is 34.8 Å². The molecule has 2 aromatic carbocycles. The van der Waals surface area contributed by atoms with Gasteiger partial charge in [-0.05, 0) is 40.6 Å². The number of aromatic hydroxyl groups is 1. The minimum Gasteiger partial charge on any atom is -0.508 e. The number of halogens is 1.